The van der Waals surface area contributed by atoms with E-state index in [1.165, 1.54) is 6.08 Å². The predicted octanol–water partition coefficient (Wildman–Crippen LogP) is 2.74. The minimum Gasteiger partial charge on any atom is -0.465 e. The lowest BCUT2D eigenvalue weighted by atomic mass is 9.82. The predicted molar refractivity (Wildman–Crippen MR) is 114 cm³/mol. The molecule has 1 heterocycles. The first-order chi connectivity index (χ1) is 14.5. The summed E-state index contributed by atoms with van der Waals surface area (Å²) in [5.41, 5.74) is -1.84. The number of nitrogens with one attached hydrogen (secondary N) is 1. The summed E-state index contributed by atoms with van der Waals surface area (Å²) in [6.45, 7) is 8.26. The number of nitrogens with zero attached hydrogens (tertiary/aromatic N) is 2. The van der Waals surface area contributed by atoms with Gasteiger partial charge >= 0.3 is 12.2 Å². The quantitative estimate of drug-likeness (QED) is 0.547. The van der Waals surface area contributed by atoms with E-state index in [1.54, 1.807) is 51.1 Å². The largest absolute Gasteiger partial charge is 0.465 e. The molecule has 0 radical (unpaired) electrons. The summed E-state index contributed by atoms with van der Waals surface area (Å²) in [7, 11) is 0. The van der Waals surface area contributed by atoms with Gasteiger partial charge in [0.1, 0.15) is 5.60 Å². The van der Waals surface area contributed by atoms with Crippen molar-refractivity contribution in [2.75, 3.05) is 26.2 Å². The number of ether oxygens (including phenoxy) is 1. The number of allylic oxidation sites excluding steroid dienone is 1. The molecule has 1 saturated heterocycles. The van der Waals surface area contributed by atoms with Crippen LogP contribution < -0.4 is 5.32 Å². The van der Waals surface area contributed by atoms with E-state index in [0.29, 0.717) is 5.56 Å². The van der Waals surface area contributed by atoms with Crippen molar-refractivity contribution in [3.63, 3.8) is 0 Å². The summed E-state index contributed by atoms with van der Waals surface area (Å²) in [4.78, 5) is 52.7. The number of hydrogen-bond donors (Lipinski definition) is 2. The Morgan fingerprint density at radius 3 is 2.42 bits per heavy atom. The van der Waals surface area contributed by atoms with Crippen LogP contribution in [-0.2, 0) is 9.53 Å². The molecule has 1 atom stereocenters. The zero-order valence-corrected chi connectivity index (χ0v) is 18.1. The van der Waals surface area contributed by atoms with Crippen molar-refractivity contribution in [3.8, 4) is 0 Å². The average Bonchev–Trinajstić information content (AvgIpc) is 2.83. The Balaban J connectivity index is 2.39. The van der Waals surface area contributed by atoms with Crippen LogP contribution in [0.4, 0.5) is 9.59 Å². The number of carboxylic acid groups (broad SMARTS) is 1. The standard InChI is InChI=1S/C22H29N3O6/c1-5-11-22(14-23-19(28)31-21(2,3)4)15-24(20(29)30)12-13-25(18(22)27)17(26)16-9-7-6-8-10-16/h5-10H,1,11-15H2,2-4H3,(H,23,28)(H,29,30). The number of rotatable bonds is 5. The SMILES string of the molecule is C=CCC1(CNC(=O)OC(C)(C)C)CN(C(=O)O)CCN(C(=O)c2ccccc2)C1=O. The number of benzene rings is 1. The van der Waals surface area contributed by atoms with Crippen molar-refractivity contribution in [2.45, 2.75) is 32.8 Å². The van der Waals surface area contributed by atoms with Crippen molar-refractivity contribution >= 4 is 24.0 Å². The monoisotopic (exact) mass is 431 g/mol. The first kappa shape index (κ1) is 23.9. The maximum Gasteiger partial charge on any atom is 0.407 e. The maximum absolute atomic E-state index is 13.6. The number of alkyl carbamates (subject to hydrolysis) is 1. The molecular formula is C22H29N3O6. The number of amides is 4. The van der Waals surface area contributed by atoms with Gasteiger partial charge in [0.05, 0.1) is 5.41 Å². The molecule has 2 rings (SSSR count). The second-order valence-electron chi connectivity index (χ2n) is 8.46. The van der Waals surface area contributed by atoms with E-state index >= 15 is 0 Å². The Morgan fingerprint density at radius 1 is 1.23 bits per heavy atom. The molecule has 31 heavy (non-hydrogen) atoms. The van der Waals surface area contributed by atoms with Crippen molar-refractivity contribution in [3.05, 3.63) is 48.6 Å². The number of carbonyl (C=O) groups excluding carboxylic acids is 3. The Morgan fingerprint density at radius 2 is 1.87 bits per heavy atom. The normalized spacial score (nSPS) is 19.4. The smallest absolute Gasteiger partial charge is 0.407 e. The van der Waals surface area contributed by atoms with Crippen molar-refractivity contribution in [1.29, 1.82) is 0 Å². The van der Waals surface area contributed by atoms with E-state index < -0.39 is 35.0 Å². The van der Waals surface area contributed by atoms with Crippen LogP contribution in [-0.4, -0.2) is 70.7 Å². The lowest BCUT2D eigenvalue weighted by molar-refractivity contribution is -0.138. The molecule has 168 valence electrons. The average molecular weight is 431 g/mol. The number of carbonyl (C=O) groups is 4. The van der Waals surface area contributed by atoms with Gasteiger partial charge in [0.15, 0.2) is 0 Å². The van der Waals surface area contributed by atoms with Gasteiger partial charge in [-0.05, 0) is 39.3 Å². The fraction of sp³-hybridized carbons (Fsp3) is 0.455. The molecule has 0 aromatic heterocycles. The lowest BCUT2D eigenvalue weighted by Gasteiger charge is -2.35. The van der Waals surface area contributed by atoms with E-state index in [9.17, 15) is 24.3 Å². The van der Waals surface area contributed by atoms with Crippen LogP contribution in [0.15, 0.2) is 43.0 Å². The van der Waals surface area contributed by atoms with Gasteiger partial charge in [-0.3, -0.25) is 14.5 Å². The Kier molecular flexibility index (Phi) is 7.43. The zero-order valence-electron chi connectivity index (χ0n) is 18.1. The summed E-state index contributed by atoms with van der Waals surface area (Å²) in [6, 6.07) is 8.29. The van der Waals surface area contributed by atoms with E-state index in [1.807, 2.05) is 0 Å². The van der Waals surface area contributed by atoms with Gasteiger partial charge in [0.25, 0.3) is 5.91 Å². The maximum atomic E-state index is 13.6. The van der Waals surface area contributed by atoms with E-state index in [4.69, 9.17) is 4.74 Å². The highest BCUT2D eigenvalue weighted by Gasteiger charge is 2.47. The summed E-state index contributed by atoms with van der Waals surface area (Å²) in [5, 5.41) is 12.2. The van der Waals surface area contributed by atoms with E-state index in [0.717, 1.165) is 9.80 Å². The van der Waals surface area contributed by atoms with E-state index in [2.05, 4.69) is 11.9 Å². The highest BCUT2D eigenvalue weighted by atomic mass is 16.6. The second-order valence-corrected chi connectivity index (χ2v) is 8.46. The molecule has 4 amide bonds. The topological polar surface area (TPSA) is 116 Å². The van der Waals surface area contributed by atoms with Crippen LogP contribution in [0.1, 0.15) is 37.6 Å². The molecule has 0 bridgehead atoms. The fourth-order valence-corrected chi connectivity index (χ4v) is 3.40. The van der Waals surface area contributed by atoms with Crippen LogP contribution in [0.5, 0.6) is 0 Å². The van der Waals surface area contributed by atoms with Gasteiger partial charge in [-0.15, -0.1) is 6.58 Å². The van der Waals surface area contributed by atoms with Gasteiger partial charge in [-0.2, -0.15) is 0 Å². The van der Waals surface area contributed by atoms with Crippen LogP contribution in [0.2, 0.25) is 0 Å². The molecule has 9 nitrogen and oxygen atoms in total. The molecule has 1 aliphatic heterocycles. The van der Waals surface area contributed by atoms with Gasteiger partial charge in [0, 0.05) is 31.7 Å². The minimum absolute atomic E-state index is 0.0367. The van der Waals surface area contributed by atoms with Crippen molar-refractivity contribution < 1.29 is 29.0 Å². The first-order valence-corrected chi connectivity index (χ1v) is 9.96. The first-order valence-electron chi connectivity index (χ1n) is 9.96. The van der Waals surface area contributed by atoms with Crippen molar-refractivity contribution in [1.82, 2.24) is 15.1 Å². The summed E-state index contributed by atoms with van der Waals surface area (Å²) >= 11 is 0. The van der Waals surface area contributed by atoms with Gasteiger partial charge in [-0.1, -0.05) is 24.3 Å². The molecule has 0 aliphatic carbocycles. The van der Waals surface area contributed by atoms with Crippen LogP contribution in [0, 0.1) is 5.41 Å². The summed E-state index contributed by atoms with van der Waals surface area (Å²) < 4.78 is 5.24. The molecule has 1 aromatic rings. The highest BCUT2D eigenvalue weighted by Crippen LogP contribution is 2.30. The Hall–Kier alpha value is -3.36. The third-order valence-corrected chi connectivity index (χ3v) is 4.83. The molecule has 2 N–H and O–H groups in total. The summed E-state index contributed by atoms with van der Waals surface area (Å²) in [6.07, 6.45) is -0.418. The molecule has 1 aromatic carbocycles. The Labute approximate surface area is 181 Å². The van der Waals surface area contributed by atoms with Gasteiger partial charge < -0.3 is 20.1 Å². The molecule has 1 unspecified atom stereocenters. The highest BCUT2D eigenvalue weighted by molar-refractivity contribution is 6.06. The second kappa shape index (κ2) is 9.63. The number of hydrogen-bond acceptors (Lipinski definition) is 5. The zero-order chi connectivity index (χ0) is 23.2. The van der Waals surface area contributed by atoms with Gasteiger partial charge in [-0.25, -0.2) is 9.59 Å². The molecule has 1 aliphatic rings. The number of imide groups is 1. The van der Waals surface area contributed by atoms with Crippen LogP contribution in [0.3, 0.4) is 0 Å². The lowest BCUT2D eigenvalue weighted by Crippen LogP contribution is -2.54. The molecule has 9 heteroatoms. The Bertz CT molecular complexity index is 849. The minimum atomic E-state index is -1.40. The molecule has 0 spiro atoms. The fourth-order valence-electron chi connectivity index (χ4n) is 3.40. The van der Waals surface area contributed by atoms with Crippen LogP contribution in [0.25, 0.3) is 0 Å². The van der Waals surface area contributed by atoms with E-state index in [-0.39, 0.29) is 32.6 Å². The third kappa shape index (κ3) is 6.07. The van der Waals surface area contributed by atoms with Gasteiger partial charge in [0.2, 0.25) is 5.91 Å². The summed E-state index contributed by atoms with van der Waals surface area (Å²) in [5.74, 6) is -1.09. The third-order valence-electron chi connectivity index (χ3n) is 4.83. The van der Waals surface area contributed by atoms with Crippen LogP contribution >= 0.6 is 0 Å². The molecule has 1 fully saturated rings. The van der Waals surface area contributed by atoms with Crippen molar-refractivity contribution in [2.24, 2.45) is 5.41 Å². The molecular weight excluding hydrogens is 402 g/mol. The molecule has 0 saturated carbocycles.